The minimum Gasteiger partial charge on any atom is -0.373 e. The van der Waals surface area contributed by atoms with Crippen LogP contribution in [0.3, 0.4) is 0 Å². The largest absolute Gasteiger partial charge is 0.373 e. The number of hydrogen-bond acceptors (Lipinski definition) is 2. The second-order valence-corrected chi connectivity index (χ2v) is 4.38. The molecule has 74 valence electrons. The normalized spacial score (nSPS) is 21.1. The number of pyridine rings is 1. The van der Waals surface area contributed by atoms with Gasteiger partial charge < -0.3 is 4.74 Å². The highest BCUT2D eigenvalue weighted by atomic mass is 16.5. The number of rotatable bonds is 4. The van der Waals surface area contributed by atoms with Crippen LogP contribution in [0.5, 0.6) is 0 Å². The van der Waals surface area contributed by atoms with Crippen LogP contribution in [0, 0.1) is 0 Å². The van der Waals surface area contributed by atoms with Crippen molar-refractivity contribution < 1.29 is 4.74 Å². The second kappa shape index (κ2) is 3.35. The molecule has 2 fully saturated rings. The lowest BCUT2D eigenvalue weighted by molar-refractivity contribution is 0.106. The first-order chi connectivity index (χ1) is 6.92. The van der Waals surface area contributed by atoms with Gasteiger partial charge in [0.15, 0.2) is 0 Å². The summed E-state index contributed by atoms with van der Waals surface area (Å²) in [6.45, 7) is 0.739. The SMILES string of the molecule is c1cc(C2CC2)ncc1COC1CC1. The molecule has 0 unspecified atom stereocenters. The van der Waals surface area contributed by atoms with Crippen LogP contribution < -0.4 is 0 Å². The Balaban J connectivity index is 1.60. The molecule has 14 heavy (non-hydrogen) atoms. The van der Waals surface area contributed by atoms with Crippen molar-refractivity contribution in [2.45, 2.75) is 44.3 Å². The Labute approximate surface area is 84.3 Å². The zero-order valence-corrected chi connectivity index (χ0v) is 8.28. The van der Waals surface area contributed by atoms with E-state index in [0.717, 1.165) is 12.5 Å². The van der Waals surface area contributed by atoms with Gasteiger partial charge >= 0.3 is 0 Å². The summed E-state index contributed by atoms with van der Waals surface area (Å²) in [5.41, 5.74) is 2.47. The molecule has 2 aliphatic carbocycles. The van der Waals surface area contributed by atoms with E-state index in [0.29, 0.717) is 6.10 Å². The minimum absolute atomic E-state index is 0.540. The van der Waals surface area contributed by atoms with E-state index in [9.17, 15) is 0 Å². The summed E-state index contributed by atoms with van der Waals surface area (Å²) in [4.78, 5) is 4.46. The van der Waals surface area contributed by atoms with Crippen LogP contribution in [0.4, 0.5) is 0 Å². The third-order valence-corrected chi connectivity index (χ3v) is 2.85. The topological polar surface area (TPSA) is 22.1 Å². The predicted molar refractivity (Wildman–Crippen MR) is 54.0 cm³/mol. The average Bonchev–Trinajstić information content (AvgIpc) is 3.07. The Morgan fingerprint density at radius 2 is 2.07 bits per heavy atom. The summed E-state index contributed by atoms with van der Waals surface area (Å²) in [6, 6.07) is 4.31. The maximum Gasteiger partial charge on any atom is 0.0735 e. The molecule has 1 aromatic rings. The molecule has 0 saturated heterocycles. The number of nitrogens with zero attached hydrogens (tertiary/aromatic N) is 1. The van der Waals surface area contributed by atoms with Crippen molar-refractivity contribution in [2.24, 2.45) is 0 Å². The molecule has 0 aromatic carbocycles. The fourth-order valence-corrected chi connectivity index (χ4v) is 1.59. The quantitative estimate of drug-likeness (QED) is 0.726. The number of ether oxygens (including phenoxy) is 1. The van der Waals surface area contributed by atoms with Crippen LogP contribution in [0.15, 0.2) is 18.3 Å². The molecule has 2 heteroatoms. The molecule has 0 radical (unpaired) electrons. The lowest BCUT2D eigenvalue weighted by atomic mass is 10.2. The molecule has 2 saturated carbocycles. The van der Waals surface area contributed by atoms with Gasteiger partial charge in [-0.3, -0.25) is 4.98 Å². The highest BCUT2D eigenvalue weighted by Crippen LogP contribution is 2.38. The zero-order valence-electron chi connectivity index (χ0n) is 8.28. The predicted octanol–water partition coefficient (Wildman–Crippen LogP) is 2.64. The van der Waals surface area contributed by atoms with E-state index in [1.54, 1.807) is 0 Å². The molecule has 2 nitrogen and oxygen atoms in total. The highest BCUT2D eigenvalue weighted by Gasteiger charge is 2.25. The minimum atomic E-state index is 0.540. The van der Waals surface area contributed by atoms with Gasteiger partial charge in [-0.25, -0.2) is 0 Å². The van der Waals surface area contributed by atoms with Crippen LogP contribution in [0.1, 0.15) is 42.9 Å². The molecule has 0 amide bonds. The first-order valence-corrected chi connectivity index (χ1v) is 5.48. The van der Waals surface area contributed by atoms with Crippen molar-refractivity contribution in [3.8, 4) is 0 Å². The van der Waals surface area contributed by atoms with Gasteiger partial charge in [0.25, 0.3) is 0 Å². The van der Waals surface area contributed by atoms with E-state index in [2.05, 4.69) is 17.1 Å². The van der Waals surface area contributed by atoms with Gasteiger partial charge in [-0.1, -0.05) is 6.07 Å². The molecule has 0 aliphatic heterocycles. The second-order valence-electron chi connectivity index (χ2n) is 4.38. The van der Waals surface area contributed by atoms with Crippen LogP contribution >= 0.6 is 0 Å². The smallest absolute Gasteiger partial charge is 0.0735 e. The van der Waals surface area contributed by atoms with Crippen molar-refractivity contribution in [2.75, 3.05) is 0 Å². The van der Waals surface area contributed by atoms with E-state index in [4.69, 9.17) is 4.74 Å². The molecular weight excluding hydrogens is 174 g/mol. The van der Waals surface area contributed by atoms with Gasteiger partial charge in [0.05, 0.1) is 12.7 Å². The monoisotopic (exact) mass is 189 g/mol. The molecule has 0 N–H and O–H groups in total. The Kier molecular flexibility index (Phi) is 2.02. The highest BCUT2D eigenvalue weighted by molar-refractivity contribution is 5.19. The Hall–Kier alpha value is -0.890. The van der Waals surface area contributed by atoms with Crippen molar-refractivity contribution in [1.29, 1.82) is 0 Å². The van der Waals surface area contributed by atoms with Gasteiger partial charge in [-0.2, -0.15) is 0 Å². The molecule has 0 bridgehead atoms. The zero-order chi connectivity index (χ0) is 9.38. The van der Waals surface area contributed by atoms with E-state index >= 15 is 0 Å². The van der Waals surface area contributed by atoms with E-state index in [1.807, 2.05) is 6.20 Å². The van der Waals surface area contributed by atoms with Crippen molar-refractivity contribution in [1.82, 2.24) is 4.98 Å². The summed E-state index contributed by atoms with van der Waals surface area (Å²) in [7, 11) is 0. The summed E-state index contributed by atoms with van der Waals surface area (Å²) in [5.74, 6) is 0.758. The third kappa shape index (κ3) is 1.95. The van der Waals surface area contributed by atoms with Gasteiger partial charge in [-0.05, 0) is 37.3 Å². The van der Waals surface area contributed by atoms with Gasteiger partial charge in [-0.15, -0.1) is 0 Å². The molecule has 0 spiro atoms. The number of aromatic nitrogens is 1. The summed E-state index contributed by atoms with van der Waals surface area (Å²) >= 11 is 0. The van der Waals surface area contributed by atoms with E-state index < -0.39 is 0 Å². The van der Waals surface area contributed by atoms with Gasteiger partial charge in [0.2, 0.25) is 0 Å². The first kappa shape index (κ1) is 8.42. The van der Waals surface area contributed by atoms with Crippen LogP contribution in [0.25, 0.3) is 0 Å². The van der Waals surface area contributed by atoms with Gasteiger partial charge in [0.1, 0.15) is 0 Å². The Morgan fingerprint density at radius 3 is 2.64 bits per heavy atom. The maximum atomic E-state index is 5.61. The van der Waals surface area contributed by atoms with Crippen molar-refractivity contribution >= 4 is 0 Å². The summed E-state index contributed by atoms with van der Waals surface area (Å²) < 4.78 is 5.61. The Bertz CT molecular complexity index is 312. The molecule has 3 rings (SSSR count). The maximum absolute atomic E-state index is 5.61. The van der Waals surface area contributed by atoms with E-state index in [1.165, 1.54) is 36.9 Å². The molecule has 2 aliphatic rings. The fraction of sp³-hybridized carbons (Fsp3) is 0.583. The standard InChI is InChI=1S/C12H15NO/c1-6-12(10-2-3-10)13-7-9(1)8-14-11-4-5-11/h1,6-7,10-11H,2-5,8H2. The number of hydrogen-bond donors (Lipinski definition) is 0. The Morgan fingerprint density at radius 1 is 1.21 bits per heavy atom. The first-order valence-electron chi connectivity index (χ1n) is 5.48. The van der Waals surface area contributed by atoms with Crippen LogP contribution in [-0.4, -0.2) is 11.1 Å². The van der Waals surface area contributed by atoms with Crippen LogP contribution in [0.2, 0.25) is 0 Å². The molecule has 0 atom stereocenters. The fourth-order valence-electron chi connectivity index (χ4n) is 1.59. The molecular formula is C12H15NO. The molecule has 1 aromatic heterocycles. The summed E-state index contributed by atoms with van der Waals surface area (Å²) in [6.07, 6.45) is 7.64. The lowest BCUT2D eigenvalue weighted by Crippen LogP contribution is -1.96. The molecule has 1 heterocycles. The average molecular weight is 189 g/mol. The van der Waals surface area contributed by atoms with Gasteiger partial charge in [0, 0.05) is 17.8 Å². The van der Waals surface area contributed by atoms with Crippen molar-refractivity contribution in [3.05, 3.63) is 29.6 Å². The lowest BCUT2D eigenvalue weighted by Gasteiger charge is -2.03. The van der Waals surface area contributed by atoms with Crippen LogP contribution in [-0.2, 0) is 11.3 Å². The summed E-state index contributed by atoms with van der Waals surface area (Å²) in [5, 5.41) is 0. The third-order valence-electron chi connectivity index (χ3n) is 2.85. The van der Waals surface area contributed by atoms with E-state index in [-0.39, 0.29) is 0 Å². The van der Waals surface area contributed by atoms with Crippen molar-refractivity contribution in [3.63, 3.8) is 0 Å².